The minimum absolute atomic E-state index is 0.218. The summed E-state index contributed by atoms with van der Waals surface area (Å²) in [6, 6.07) is 5.72. The Morgan fingerprint density at radius 1 is 1.38 bits per heavy atom. The van der Waals surface area contributed by atoms with Gasteiger partial charge in [0.15, 0.2) is 0 Å². The van der Waals surface area contributed by atoms with Crippen molar-refractivity contribution < 1.29 is 14.3 Å². The van der Waals surface area contributed by atoms with E-state index in [2.05, 4.69) is 11.8 Å². The highest BCUT2D eigenvalue weighted by molar-refractivity contribution is 5.93. The fourth-order valence-corrected chi connectivity index (χ4v) is 3.59. The summed E-state index contributed by atoms with van der Waals surface area (Å²) < 4.78 is 11.4. The number of hydrogen-bond acceptors (Lipinski definition) is 4. The van der Waals surface area contributed by atoms with Gasteiger partial charge in [0.2, 0.25) is 0 Å². The lowest BCUT2D eigenvalue weighted by molar-refractivity contribution is 0.0284. The average Bonchev–Trinajstić information content (AvgIpc) is 3.19. The summed E-state index contributed by atoms with van der Waals surface area (Å²) in [7, 11) is 0. The van der Waals surface area contributed by atoms with Gasteiger partial charge in [0.1, 0.15) is 18.5 Å². The van der Waals surface area contributed by atoms with Gasteiger partial charge in [0, 0.05) is 17.5 Å². The molecule has 4 nitrogen and oxygen atoms in total. The number of ether oxygens (including phenoxy) is 2. The van der Waals surface area contributed by atoms with E-state index in [9.17, 15) is 4.79 Å². The zero-order valence-corrected chi connectivity index (χ0v) is 12.4. The smallest absolute Gasteiger partial charge is 0.338 e. The molecule has 0 bridgehead atoms. The first kappa shape index (κ1) is 13.1. The maximum absolute atomic E-state index is 11.5. The van der Waals surface area contributed by atoms with Crippen molar-refractivity contribution in [3.05, 3.63) is 29.3 Å². The number of esters is 1. The zero-order valence-electron chi connectivity index (χ0n) is 12.4. The second-order valence-corrected chi connectivity index (χ2v) is 6.51. The largest absolute Gasteiger partial charge is 0.489 e. The number of fused-ring (bicyclic) bond motifs is 1. The number of hydrogen-bond donors (Lipinski definition) is 0. The Morgan fingerprint density at radius 2 is 2.24 bits per heavy atom. The van der Waals surface area contributed by atoms with E-state index < -0.39 is 0 Å². The Bertz CT molecular complexity index is 579. The fourth-order valence-electron chi connectivity index (χ4n) is 3.59. The van der Waals surface area contributed by atoms with E-state index in [0.29, 0.717) is 17.6 Å². The van der Waals surface area contributed by atoms with Crippen LogP contribution in [-0.2, 0) is 11.3 Å². The van der Waals surface area contributed by atoms with Crippen molar-refractivity contribution in [2.24, 2.45) is 5.41 Å². The maximum Gasteiger partial charge on any atom is 0.338 e. The molecule has 1 saturated heterocycles. The monoisotopic (exact) mass is 287 g/mol. The van der Waals surface area contributed by atoms with Gasteiger partial charge in [-0.05, 0) is 50.6 Å². The quantitative estimate of drug-likeness (QED) is 0.801. The van der Waals surface area contributed by atoms with Crippen LogP contribution in [0.2, 0.25) is 0 Å². The minimum Gasteiger partial charge on any atom is -0.489 e. The van der Waals surface area contributed by atoms with Gasteiger partial charge in [-0.15, -0.1) is 0 Å². The van der Waals surface area contributed by atoms with Gasteiger partial charge in [-0.2, -0.15) is 0 Å². The molecule has 1 atom stereocenters. The van der Waals surface area contributed by atoms with Gasteiger partial charge in [-0.25, -0.2) is 4.79 Å². The van der Waals surface area contributed by atoms with Crippen LogP contribution in [0.15, 0.2) is 18.2 Å². The van der Waals surface area contributed by atoms with Crippen molar-refractivity contribution in [3.63, 3.8) is 0 Å². The van der Waals surface area contributed by atoms with Crippen molar-refractivity contribution >= 4 is 5.97 Å². The molecule has 4 heteroatoms. The first-order chi connectivity index (χ1) is 10.2. The SMILES string of the molecule is CCN1CCC2(CC2)[C@@H](Oc2ccc3c(c2)COC3=O)C1. The van der Waals surface area contributed by atoms with Crippen molar-refractivity contribution in [2.45, 2.75) is 38.9 Å². The van der Waals surface area contributed by atoms with Crippen molar-refractivity contribution in [2.75, 3.05) is 19.6 Å². The van der Waals surface area contributed by atoms with E-state index in [-0.39, 0.29) is 12.1 Å². The van der Waals surface area contributed by atoms with E-state index in [1.807, 2.05) is 18.2 Å². The third-order valence-corrected chi connectivity index (χ3v) is 5.31. The predicted molar refractivity (Wildman–Crippen MR) is 78.4 cm³/mol. The van der Waals surface area contributed by atoms with E-state index in [1.165, 1.54) is 25.8 Å². The first-order valence-electron chi connectivity index (χ1n) is 7.89. The van der Waals surface area contributed by atoms with Crippen LogP contribution in [0.1, 0.15) is 42.1 Å². The number of cyclic esters (lactones) is 1. The summed E-state index contributed by atoms with van der Waals surface area (Å²) in [4.78, 5) is 14.0. The molecule has 1 spiro atoms. The third-order valence-electron chi connectivity index (χ3n) is 5.31. The van der Waals surface area contributed by atoms with E-state index in [0.717, 1.165) is 24.4 Å². The molecule has 0 radical (unpaired) electrons. The lowest BCUT2D eigenvalue weighted by Crippen LogP contribution is -2.47. The average molecular weight is 287 g/mol. The molecule has 2 aliphatic heterocycles. The molecule has 2 fully saturated rings. The summed E-state index contributed by atoms with van der Waals surface area (Å²) in [5.41, 5.74) is 2.05. The molecular formula is C17H21NO3. The standard InChI is InChI=1S/C17H21NO3/c1-2-18-8-7-17(5-6-17)15(10-18)21-13-3-4-14-12(9-13)11-20-16(14)19/h3-4,9,15H,2,5-8,10-11H2,1H3/t15-/m0/s1. The van der Waals surface area contributed by atoms with Crippen LogP contribution in [0.4, 0.5) is 0 Å². The van der Waals surface area contributed by atoms with E-state index in [4.69, 9.17) is 9.47 Å². The Labute approximate surface area is 125 Å². The highest BCUT2D eigenvalue weighted by Crippen LogP contribution is 2.54. The second kappa shape index (κ2) is 4.73. The summed E-state index contributed by atoms with van der Waals surface area (Å²) in [5.74, 6) is 0.659. The minimum atomic E-state index is -0.218. The normalized spacial score (nSPS) is 26.5. The number of carbonyl (C=O) groups is 1. The van der Waals surface area contributed by atoms with E-state index in [1.54, 1.807) is 0 Å². The number of nitrogens with zero attached hydrogens (tertiary/aromatic N) is 1. The van der Waals surface area contributed by atoms with Gasteiger partial charge in [-0.3, -0.25) is 4.90 Å². The zero-order chi connectivity index (χ0) is 14.4. The number of benzene rings is 1. The number of likely N-dealkylation sites (tertiary alicyclic amines) is 1. The Kier molecular flexibility index (Phi) is 2.96. The highest BCUT2D eigenvalue weighted by Gasteiger charge is 2.53. The Morgan fingerprint density at radius 3 is 3.00 bits per heavy atom. The molecule has 0 amide bonds. The molecule has 3 aliphatic rings. The van der Waals surface area contributed by atoms with Crippen molar-refractivity contribution in [1.82, 2.24) is 4.90 Å². The van der Waals surface area contributed by atoms with Crippen LogP contribution in [0.5, 0.6) is 5.75 Å². The molecule has 4 rings (SSSR count). The van der Waals surface area contributed by atoms with Gasteiger partial charge >= 0.3 is 5.97 Å². The number of piperidine rings is 1. The van der Waals surface area contributed by atoms with E-state index >= 15 is 0 Å². The number of rotatable bonds is 3. The lowest BCUT2D eigenvalue weighted by atomic mass is 9.90. The lowest BCUT2D eigenvalue weighted by Gasteiger charge is -2.38. The summed E-state index contributed by atoms with van der Waals surface area (Å²) in [6.45, 7) is 5.89. The van der Waals surface area contributed by atoms with Crippen LogP contribution in [0.3, 0.4) is 0 Å². The summed E-state index contributed by atoms with van der Waals surface area (Å²) in [5, 5.41) is 0. The molecule has 0 unspecified atom stereocenters. The maximum atomic E-state index is 11.5. The molecule has 2 heterocycles. The van der Waals surface area contributed by atoms with Gasteiger partial charge in [-0.1, -0.05) is 6.92 Å². The van der Waals surface area contributed by atoms with Crippen LogP contribution >= 0.6 is 0 Å². The van der Waals surface area contributed by atoms with Gasteiger partial charge in [0.25, 0.3) is 0 Å². The van der Waals surface area contributed by atoms with Crippen LogP contribution < -0.4 is 4.74 Å². The van der Waals surface area contributed by atoms with Crippen molar-refractivity contribution in [3.8, 4) is 5.75 Å². The van der Waals surface area contributed by atoms with Crippen LogP contribution in [0, 0.1) is 5.41 Å². The first-order valence-corrected chi connectivity index (χ1v) is 7.89. The molecule has 1 aliphatic carbocycles. The second-order valence-electron chi connectivity index (χ2n) is 6.51. The molecule has 112 valence electrons. The molecule has 0 aromatic heterocycles. The number of carbonyl (C=O) groups excluding carboxylic acids is 1. The summed E-state index contributed by atoms with van der Waals surface area (Å²) in [6.07, 6.45) is 4.11. The van der Waals surface area contributed by atoms with Crippen LogP contribution in [0.25, 0.3) is 0 Å². The molecule has 21 heavy (non-hydrogen) atoms. The van der Waals surface area contributed by atoms with Crippen LogP contribution in [-0.4, -0.2) is 36.6 Å². The molecular weight excluding hydrogens is 266 g/mol. The fraction of sp³-hybridized carbons (Fsp3) is 0.588. The highest BCUT2D eigenvalue weighted by atomic mass is 16.5. The Hall–Kier alpha value is -1.55. The number of likely N-dealkylation sites (N-methyl/N-ethyl adjacent to an activating group) is 1. The third kappa shape index (κ3) is 2.22. The molecule has 0 N–H and O–H groups in total. The predicted octanol–water partition coefficient (Wildman–Crippen LogP) is 2.61. The molecule has 1 aromatic carbocycles. The van der Waals surface area contributed by atoms with Gasteiger partial charge < -0.3 is 9.47 Å². The van der Waals surface area contributed by atoms with Gasteiger partial charge in [0.05, 0.1) is 5.56 Å². The molecule has 1 aromatic rings. The molecule has 1 saturated carbocycles. The topological polar surface area (TPSA) is 38.8 Å². The Balaban J connectivity index is 1.53. The van der Waals surface area contributed by atoms with Crippen molar-refractivity contribution in [1.29, 1.82) is 0 Å². The summed E-state index contributed by atoms with van der Waals surface area (Å²) >= 11 is 0.